The van der Waals surface area contributed by atoms with Gasteiger partial charge in [-0.2, -0.15) is 0 Å². The van der Waals surface area contributed by atoms with Crippen LogP contribution in [0.4, 0.5) is 8.78 Å². The van der Waals surface area contributed by atoms with Gasteiger partial charge in [0.15, 0.2) is 17.9 Å². The zero-order valence-corrected chi connectivity index (χ0v) is 10.2. The summed E-state index contributed by atoms with van der Waals surface area (Å²) in [5, 5.41) is 3.01. The monoisotopic (exact) mass is 245 g/mol. The first-order valence-corrected chi connectivity index (χ1v) is 5.38. The highest BCUT2D eigenvalue weighted by Gasteiger charge is 2.25. The molecule has 0 amide bonds. The van der Waals surface area contributed by atoms with Gasteiger partial charge in [-0.1, -0.05) is 19.1 Å². The average molecular weight is 245 g/mol. The number of hydrogen-bond donors (Lipinski definition) is 1. The van der Waals surface area contributed by atoms with Gasteiger partial charge in [0, 0.05) is 19.8 Å². The molecule has 0 bridgehead atoms. The van der Waals surface area contributed by atoms with Crippen LogP contribution in [0.5, 0.6) is 0 Å². The molecular weight excluding hydrogens is 228 g/mol. The largest absolute Gasteiger partial charge is 0.354 e. The summed E-state index contributed by atoms with van der Waals surface area (Å²) in [6.07, 6.45) is -0.675. The van der Waals surface area contributed by atoms with Gasteiger partial charge in [-0.05, 0) is 12.6 Å². The second-order valence-corrected chi connectivity index (χ2v) is 3.52. The lowest BCUT2D eigenvalue weighted by molar-refractivity contribution is -0.124. The summed E-state index contributed by atoms with van der Waals surface area (Å²) in [7, 11) is 2.91. The minimum Gasteiger partial charge on any atom is -0.354 e. The third-order valence-corrected chi connectivity index (χ3v) is 2.48. The summed E-state index contributed by atoms with van der Waals surface area (Å²) in [4.78, 5) is 0. The van der Waals surface area contributed by atoms with E-state index in [-0.39, 0.29) is 5.56 Å². The van der Waals surface area contributed by atoms with Crippen molar-refractivity contribution in [3.05, 3.63) is 35.4 Å². The van der Waals surface area contributed by atoms with E-state index in [4.69, 9.17) is 9.47 Å². The lowest BCUT2D eigenvalue weighted by atomic mass is 10.1. The van der Waals surface area contributed by atoms with E-state index in [2.05, 4.69) is 5.32 Å². The van der Waals surface area contributed by atoms with Crippen molar-refractivity contribution in [2.45, 2.75) is 19.3 Å². The van der Waals surface area contributed by atoms with E-state index in [9.17, 15) is 8.78 Å². The molecule has 0 aromatic heterocycles. The summed E-state index contributed by atoms with van der Waals surface area (Å²) in [5.41, 5.74) is 0.195. The predicted molar refractivity (Wildman–Crippen MR) is 60.6 cm³/mol. The van der Waals surface area contributed by atoms with Crippen molar-refractivity contribution in [2.75, 3.05) is 20.8 Å². The molecule has 1 rings (SSSR count). The second kappa shape index (κ2) is 6.64. The SMILES string of the molecule is CCNC(c1cccc(F)c1F)C(OC)OC. The first kappa shape index (κ1) is 14.0. The summed E-state index contributed by atoms with van der Waals surface area (Å²) < 4.78 is 37.0. The third kappa shape index (κ3) is 3.21. The molecule has 0 aliphatic heterocycles. The molecule has 0 saturated heterocycles. The van der Waals surface area contributed by atoms with Gasteiger partial charge in [-0.3, -0.25) is 0 Å². The van der Waals surface area contributed by atoms with Crippen LogP contribution >= 0.6 is 0 Å². The first-order valence-electron chi connectivity index (χ1n) is 5.38. The number of nitrogens with one attached hydrogen (secondary N) is 1. The smallest absolute Gasteiger partial charge is 0.176 e. The van der Waals surface area contributed by atoms with Gasteiger partial charge in [0.25, 0.3) is 0 Å². The van der Waals surface area contributed by atoms with Crippen molar-refractivity contribution < 1.29 is 18.3 Å². The maximum atomic E-state index is 13.7. The predicted octanol–water partition coefficient (Wildman–Crippen LogP) is 2.23. The van der Waals surface area contributed by atoms with E-state index in [0.29, 0.717) is 6.54 Å². The van der Waals surface area contributed by atoms with E-state index in [1.54, 1.807) is 0 Å². The van der Waals surface area contributed by atoms with Crippen molar-refractivity contribution in [3.8, 4) is 0 Å². The molecule has 1 aromatic rings. The van der Waals surface area contributed by atoms with Gasteiger partial charge < -0.3 is 14.8 Å². The molecule has 1 N–H and O–H groups in total. The molecule has 1 aromatic carbocycles. The summed E-state index contributed by atoms with van der Waals surface area (Å²) in [5.74, 6) is -1.76. The Morgan fingerprint density at radius 3 is 2.41 bits per heavy atom. The molecule has 5 heteroatoms. The molecule has 0 heterocycles. The Morgan fingerprint density at radius 2 is 1.88 bits per heavy atom. The van der Waals surface area contributed by atoms with Crippen LogP contribution in [0.15, 0.2) is 18.2 Å². The van der Waals surface area contributed by atoms with Crippen LogP contribution in [-0.4, -0.2) is 27.1 Å². The molecule has 3 nitrogen and oxygen atoms in total. The highest BCUT2D eigenvalue weighted by atomic mass is 19.2. The minimum atomic E-state index is -0.878. The van der Waals surface area contributed by atoms with Crippen LogP contribution in [-0.2, 0) is 9.47 Å². The second-order valence-electron chi connectivity index (χ2n) is 3.52. The normalized spacial score (nSPS) is 13.1. The molecule has 0 aliphatic rings. The molecule has 0 aliphatic carbocycles. The topological polar surface area (TPSA) is 30.5 Å². The van der Waals surface area contributed by atoms with Crippen LogP contribution in [0.25, 0.3) is 0 Å². The molecule has 0 saturated carbocycles. The Kier molecular flexibility index (Phi) is 5.47. The van der Waals surface area contributed by atoms with E-state index < -0.39 is 24.0 Å². The standard InChI is InChI=1S/C12H17F2NO2/c1-4-15-11(12(16-2)17-3)8-6-5-7-9(13)10(8)14/h5-7,11-12,15H,4H2,1-3H3. The van der Waals surface area contributed by atoms with Gasteiger partial charge in [0.2, 0.25) is 0 Å². The Morgan fingerprint density at radius 1 is 1.24 bits per heavy atom. The van der Waals surface area contributed by atoms with Crippen molar-refractivity contribution >= 4 is 0 Å². The number of halogens is 2. The summed E-state index contributed by atoms with van der Waals surface area (Å²) in [6.45, 7) is 2.45. The Bertz CT molecular complexity index is 356. The van der Waals surface area contributed by atoms with Crippen LogP contribution in [0.3, 0.4) is 0 Å². The minimum absolute atomic E-state index is 0.195. The van der Waals surface area contributed by atoms with Crippen molar-refractivity contribution in [1.82, 2.24) is 5.32 Å². The highest BCUT2D eigenvalue weighted by Crippen LogP contribution is 2.23. The molecule has 96 valence electrons. The fourth-order valence-electron chi connectivity index (χ4n) is 1.70. The number of ether oxygens (including phenoxy) is 2. The van der Waals surface area contributed by atoms with E-state index in [0.717, 1.165) is 6.07 Å². The molecule has 1 unspecified atom stereocenters. The number of rotatable bonds is 6. The maximum Gasteiger partial charge on any atom is 0.176 e. The van der Waals surface area contributed by atoms with Gasteiger partial charge >= 0.3 is 0 Å². The van der Waals surface area contributed by atoms with Crippen LogP contribution in [0, 0.1) is 11.6 Å². The molecular formula is C12H17F2NO2. The van der Waals surface area contributed by atoms with E-state index in [1.807, 2.05) is 6.92 Å². The lowest BCUT2D eigenvalue weighted by Gasteiger charge is -2.26. The van der Waals surface area contributed by atoms with Crippen molar-refractivity contribution in [1.29, 1.82) is 0 Å². The average Bonchev–Trinajstić information content (AvgIpc) is 2.33. The highest BCUT2D eigenvalue weighted by molar-refractivity contribution is 5.23. The van der Waals surface area contributed by atoms with Crippen molar-refractivity contribution in [2.24, 2.45) is 0 Å². The fraction of sp³-hybridized carbons (Fsp3) is 0.500. The number of likely N-dealkylation sites (N-methyl/N-ethyl adjacent to an activating group) is 1. The molecule has 17 heavy (non-hydrogen) atoms. The quantitative estimate of drug-likeness (QED) is 0.780. The molecule has 1 atom stereocenters. The number of benzene rings is 1. The zero-order chi connectivity index (χ0) is 12.8. The Balaban J connectivity index is 3.08. The van der Waals surface area contributed by atoms with E-state index in [1.165, 1.54) is 26.4 Å². The van der Waals surface area contributed by atoms with E-state index >= 15 is 0 Å². The third-order valence-electron chi connectivity index (χ3n) is 2.48. The van der Waals surface area contributed by atoms with Gasteiger partial charge in [-0.25, -0.2) is 8.78 Å². The first-order chi connectivity index (χ1) is 8.15. The Labute approximate surface area is 99.7 Å². The van der Waals surface area contributed by atoms with Crippen LogP contribution < -0.4 is 5.32 Å². The summed E-state index contributed by atoms with van der Waals surface area (Å²) in [6, 6.07) is 3.50. The van der Waals surface area contributed by atoms with Gasteiger partial charge in [0.05, 0.1) is 6.04 Å². The van der Waals surface area contributed by atoms with Gasteiger partial charge in [0.1, 0.15) is 0 Å². The molecule has 0 fully saturated rings. The maximum absolute atomic E-state index is 13.7. The summed E-state index contributed by atoms with van der Waals surface area (Å²) >= 11 is 0. The van der Waals surface area contributed by atoms with Gasteiger partial charge in [-0.15, -0.1) is 0 Å². The number of methoxy groups -OCH3 is 2. The fourth-order valence-corrected chi connectivity index (χ4v) is 1.70. The van der Waals surface area contributed by atoms with Crippen LogP contribution in [0.1, 0.15) is 18.5 Å². The molecule has 0 radical (unpaired) electrons. The molecule has 0 spiro atoms. The number of hydrogen-bond acceptors (Lipinski definition) is 3. The zero-order valence-electron chi connectivity index (χ0n) is 10.2. The van der Waals surface area contributed by atoms with Crippen molar-refractivity contribution in [3.63, 3.8) is 0 Å². The Hall–Kier alpha value is -1.04. The van der Waals surface area contributed by atoms with Crippen LogP contribution in [0.2, 0.25) is 0 Å². The lowest BCUT2D eigenvalue weighted by Crippen LogP contribution is -2.35.